The first kappa shape index (κ1) is 16.3. The molecule has 0 amide bonds. The van der Waals surface area contributed by atoms with Gasteiger partial charge in [-0.25, -0.2) is 0 Å². The van der Waals surface area contributed by atoms with Crippen molar-refractivity contribution in [2.75, 3.05) is 14.2 Å². The third kappa shape index (κ3) is 4.25. The Morgan fingerprint density at radius 1 is 0.696 bits per heavy atom. The van der Waals surface area contributed by atoms with Crippen molar-refractivity contribution in [3.63, 3.8) is 0 Å². The first-order chi connectivity index (χ1) is 11.3. The normalized spacial score (nSPS) is 10.5. The van der Waals surface area contributed by atoms with Gasteiger partial charge in [-0.05, 0) is 60.0 Å². The van der Waals surface area contributed by atoms with Crippen molar-refractivity contribution >= 4 is 34.9 Å². The van der Waals surface area contributed by atoms with Crippen LogP contribution in [0.4, 0.5) is 0 Å². The lowest BCUT2D eigenvalue weighted by Gasteiger charge is -2.06. The highest BCUT2D eigenvalue weighted by molar-refractivity contribution is 8.03. The van der Waals surface area contributed by atoms with Crippen LogP contribution in [0.15, 0.2) is 78.9 Å². The van der Waals surface area contributed by atoms with Gasteiger partial charge in [0.05, 0.1) is 18.4 Å². The van der Waals surface area contributed by atoms with Gasteiger partial charge in [0.1, 0.15) is 11.5 Å². The molecule has 0 N–H and O–H groups in total. The second-order valence-electron chi connectivity index (χ2n) is 4.63. The summed E-state index contributed by atoms with van der Waals surface area (Å²) in [6.07, 6.45) is 0. The van der Waals surface area contributed by atoms with Crippen LogP contribution in [0.25, 0.3) is 0 Å². The number of hydrogen-bond acceptors (Lipinski definition) is 5. The molecule has 1 aromatic heterocycles. The highest BCUT2D eigenvalue weighted by Gasteiger charge is 2.08. The van der Waals surface area contributed by atoms with Crippen LogP contribution in [-0.4, -0.2) is 14.2 Å². The Hall–Kier alpha value is -1.56. The van der Waals surface area contributed by atoms with Gasteiger partial charge in [0, 0.05) is 14.7 Å². The molecule has 1 heterocycles. The summed E-state index contributed by atoms with van der Waals surface area (Å²) in [5, 5.41) is 2.14. The fourth-order valence-corrected chi connectivity index (χ4v) is 5.12. The average molecular weight is 361 g/mol. The molecule has 0 aliphatic carbocycles. The molecule has 0 aliphatic heterocycles. The second kappa shape index (κ2) is 7.81. The standard InChI is InChI=1S/C18H16O2S3/c1-19-13-3-7-15(8-4-13)22-17-11-12-21-18(17)23-16-9-5-14(20-2)6-10-16/h3-12H,1-2H3. The molecule has 3 rings (SSSR count). The number of benzene rings is 2. The van der Waals surface area contributed by atoms with E-state index in [1.807, 2.05) is 24.3 Å². The fourth-order valence-electron chi connectivity index (χ4n) is 1.96. The van der Waals surface area contributed by atoms with Gasteiger partial charge in [0.15, 0.2) is 0 Å². The molecular formula is C18H16O2S3. The van der Waals surface area contributed by atoms with Crippen molar-refractivity contribution in [1.29, 1.82) is 0 Å². The molecule has 23 heavy (non-hydrogen) atoms. The van der Waals surface area contributed by atoms with Gasteiger partial charge in [0.25, 0.3) is 0 Å². The summed E-state index contributed by atoms with van der Waals surface area (Å²) in [5.74, 6) is 1.76. The van der Waals surface area contributed by atoms with Crippen molar-refractivity contribution in [2.24, 2.45) is 0 Å². The van der Waals surface area contributed by atoms with E-state index in [9.17, 15) is 0 Å². The summed E-state index contributed by atoms with van der Waals surface area (Å²) in [7, 11) is 3.37. The van der Waals surface area contributed by atoms with Crippen LogP contribution < -0.4 is 9.47 Å². The summed E-state index contributed by atoms with van der Waals surface area (Å²) in [5.41, 5.74) is 0. The maximum Gasteiger partial charge on any atom is 0.118 e. The van der Waals surface area contributed by atoms with Gasteiger partial charge in [-0.3, -0.25) is 0 Å². The first-order valence-electron chi connectivity index (χ1n) is 7.00. The summed E-state index contributed by atoms with van der Waals surface area (Å²) >= 11 is 5.33. The number of methoxy groups -OCH3 is 2. The van der Waals surface area contributed by atoms with Crippen LogP contribution in [0.5, 0.6) is 11.5 Å². The SMILES string of the molecule is COc1ccc(Sc2ccsc2Sc2ccc(OC)cc2)cc1. The van der Waals surface area contributed by atoms with E-state index < -0.39 is 0 Å². The number of thiophene rings is 1. The summed E-state index contributed by atoms with van der Waals surface area (Å²) in [6.45, 7) is 0. The highest BCUT2D eigenvalue weighted by atomic mass is 32.2. The smallest absolute Gasteiger partial charge is 0.118 e. The minimum atomic E-state index is 0.882. The molecule has 0 atom stereocenters. The Morgan fingerprint density at radius 2 is 1.22 bits per heavy atom. The van der Waals surface area contributed by atoms with Gasteiger partial charge in [-0.1, -0.05) is 23.5 Å². The number of rotatable bonds is 6. The topological polar surface area (TPSA) is 18.5 Å². The van der Waals surface area contributed by atoms with Gasteiger partial charge in [-0.2, -0.15) is 0 Å². The lowest BCUT2D eigenvalue weighted by atomic mass is 10.3. The minimum absolute atomic E-state index is 0.882. The summed E-state index contributed by atoms with van der Waals surface area (Å²) in [4.78, 5) is 3.70. The maximum atomic E-state index is 5.20. The van der Waals surface area contributed by atoms with Crippen LogP contribution in [-0.2, 0) is 0 Å². The quantitative estimate of drug-likeness (QED) is 0.531. The third-order valence-corrected chi connectivity index (χ3v) is 6.64. The Balaban J connectivity index is 1.73. The second-order valence-corrected chi connectivity index (χ2v) is 8.00. The van der Waals surface area contributed by atoms with Crippen molar-refractivity contribution in [2.45, 2.75) is 18.9 Å². The number of ether oxygens (including phenoxy) is 2. The molecule has 0 radical (unpaired) electrons. The zero-order valence-corrected chi connectivity index (χ0v) is 15.3. The third-order valence-electron chi connectivity index (χ3n) is 3.15. The van der Waals surface area contributed by atoms with E-state index in [4.69, 9.17) is 9.47 Å². The van der Waals surface area contributed by atoms with E-state index in [0.29, 0.717) is 0 Å². The van der Waals surface area contributed by atoms with Gasteiger partial charge in [0.2, 0.25) is 0 Å². The largest absolute Gasteiger partial charge is 0.497 e. The molecule has 0 bridgehead atoms. The van der Waals surface area contributed by atoms with Crippen LogP contribution in [0, 0.1) is 0 Å². The van der Waals surface area contributed by atoms with Crippen LogP contribution in [0.1, 0.15) is 0 Å². The monoisotopic (exact) mass is 360 g/mol. The Bertz CT molecular complexity index is 685. The van der Waals surface area contributed by atoms with Crippen LogP contribution in [0.3, 0.4) is 0 Å². The Labute approximate surface area is 148 Å². The van der Waals surface area contributed by atoms with E-state index in [0.717, 1.165) is 11.5 Å². The Morgan fingerprint density at radius 3 is 1.74 bits per heavy atom. The zero-order valence-electron chi connectivity index (χ0n) is 12.8. The van der Waals surface area contributed by atoms with E-state index in [1.54, 1.807) is 49.1 Å². The van der Waals surface area contributed by atoms with Crippen molar-refractivity contribution < 1.29 is 9.47 Å². The fraction of sp³-hybridized carbons (Fsp3) is 0.111. The van der Waals surface area contributed by atoms with E-state index in [2.05, 4.69) is 35.7 Å². The van der Waals surface area contributed by atoms with Crippen LogP contribution >= 0.6 is 34.9 Å². The molecular weight excluding hydrogens is 344 g/mol. The molecule has 0 unspecified atom stereocenters. The molecule has 3 aromatic rings. The first-order valence-corrected chi connectivity index (χ1v) is 9.51. The minimum Gasteiger partial charge on any atom is -0.497 e. The molecule has 5 heteroatoms. The zero-order chi connectivity index (χ0) is 16.1. The van der Waals surface area contributed by atoms with Gasteiger partial charge >= 0.3 is 0 Å². The molecule has 0 saturated heterocycles. The molecule has 2 nitrogen and oxygen atoms in total. The molecule has 2 aromatic carbocycles. The molecule has 0 aliphatic rings. The van der Waals surface area contributed by atoms with Crippen molar-refractivity contribution in [3.05, 3.63) is 60.0 Å². The van der Waals surface area contributed by atoms with Crippen molar-refractivity contribution in [3.8, 4) is 11.5 Å². The van der Waals surface area contributed by atoms with E-state index >= 15 is 0 Å². The van der Waals surface area contributed by atoms with Gasteiger partial charge < -0.3 is 9.47 Å². The molecule has 118 valence electrons. The predicted octanol–water partition coefficient (Wildman–Crippen LogP) is 6.07. The van der Waals surface area contributed by atoms with Crippen LogP contribution in [0.2, 0.25) is 0 Å². The van der Waals surface area contributed by atoms with Gasteiger partial charge in [-0.15, -0.1) is 11.3 Å². The maximum absolute atomic E-state index is 5.20. The molecule has 0 spiro atoms. The Kier molecular flexibility index (Phi) is 5.54. The molecule has 0 saturated carbocycles. The van der Waals surface area contributed by atoms with Crippen molar-refractivity contribution in [1.82, 2.24) is 0 Å². The summed E-state index contributed by atoms with van der Waals surface area (Å²) < 4.78 is 11.7. The lowest BCUT2D eigenvalue weighted by Crippen LogP contribution is -1.82. The highest BCUT2D eigenvalue weighted by Crippen LogP contribution is 2.42. The van der Waals surface area contributed by atoms with E-state index in [-0.39, 0.29) is 0 Å². The lowest BCUT2D eigenvalue weighted by molar-refractivity contribution is 0.414. The van der Waals surface area contributed by atoms with E-state index in [1.165, 1.54) is 18.9 Å². The predicted molar refractivity (Wildman–Crippen MR) is 98.6 cm³/mol. The summed E-state index contributed by atoms with van der Waals surface area (Å²) in [6, 6.07) is 18.5. The average Bonchev–Trinajstić information content (AvgIpc) is 3.03. The number of hydrogen-bond donors (Lipinski definition) is 0. The molecule has 0 fully saturated rings.